The second-order valence-electron chi connectivity index (χ2n) is 9.04. The highest BCUT2D eigenvalue weighted by atomic mass is 32.3. The predicted octanol–water partition coefficient (Wildman–Crippen LogP) is 3.59. The molecule has 37 heavy (non-hydrogen) atoms. The van der Waals surface area contributed by atoms with Crippen molar-refractivity contribution in [3.8, 4) is 0 Å². The highest BCUT2D eigenvalue weighted by Crippen LogP contribution is 2.39. The molecule has 0 spiro atoms. The van der Waals surface area contributed by atoms with Crippen LogP contribution in [0.2, 0.25) is 0 Å². The van der Waals surface area contributed by atoms with Gasteiger partial charge in [-0.25, -0.2) is 26.5 Å². The van der Waals surface area contributed by atoms with Crippen molar-refractivity contribution in [2.75, 3.05) is 21.5 Å². The van der Waals surface area contributed by atoms with Gasteiger partial charge in [-0.3, -0.25) is 0 Å². The first-order valence-corrected chi connectivity index (χ1v) is 15.1. The molecule has 3 aromatic carbocycles. The molecule has 0 saturated heterocycles. The molecule has 1 aliphatic rings. The SMILES string of the molecule is CS(=O)(=O)N(c1ccc(Nc2ncc3cnn([C@H]4Cc5cccc6cccc4c56)c3n2)cc1)S(C)(=O)=O. The van der Waals surface area contributed by atoms with Crippen LogP contribution in [0.15, 0.2) is 73.1 Å². The third-order valence-corrected chi connectivity index (χ3v) is 9.61. The second kappa shape index (κ2) is 8.25. The standard InChI is InChI=1S/C25H22N6O4S2/c1-36(32,33)31(37(2,34)35)20-11-9-19(10-12-20)28-25-26-14-18-15-27-30(24(18)29-25)22-13-17-7-3-5-16-6-4-8-21(22)23(16)17/h3-12,14-15,22H,13H2,1-2H3,(H,26,28,29)/t22-/m0/s1. The van der Waals surface area contributed by atoms with Crippen molar-refractivity contribution in [3.05, 3.63) is 84.2 Å². The first-order chi connectivity index (χ1) is 17.6. The van der Waals surface area contributed by atoms with Crippen LogP contribution in [-0.2, 0) is 26.5 Å². The minimum absolute atomic E-state index is 0.0126. The summed E-state index contributed by atoms with van der Waals surface area (Å²) < 4.78 is 50.4. The summed E-state index contributed by atoms with van der Waals surface area (Å²) in [7, 11) is -8.04. The molecule has 0 saturated carbocycles. The normalized spacial score (nSPS) is 15.4. The number of anilines is 3. The molecule has 10 nitrogen and oxygen atoms in total. The van der Waals surface area contributed by atoms with E-state index in [9.17, 15) is 16.8 Å². The van der Waals surface area contributed by atoms with E-state index in [-0.39, 0.29) is 11.7 Å². The lowest BCUT2D eigenvalue weighted by molar-refractivity contribution is 0.550. The van der Waals surface area contributed by atoms with Crippen molar-refractivity contribution in [2.24, 2.45) is 0 Å². The van der Waals surface area contributed by atoms with E-state index < -0.39 is 20.0 Å². The topological polar surface area (TPSA) is 127 Å². The van der Waals surface area contributed by atoms with Gasteiger partial charge in [-0.05, 0) is 52.6 Å². The van der Waals surface area contributed by atoms with E-state index in [4.69, 9.17) is 4.98 Å². The molecule has 6 rings (SSSR count). The zero-order chi connectivity index (χ0) is 25.9. The molecule has 1 atom stereocenters. The third-order valence-electron chi connectivity index (χ3n) is 6.36. The number of rotatable bonds is 6. The molecule has 0 aliphatic heterocycles. The number of hydrogen-bond donors (Lipinski definition) is 1. The molecule has 0 radical (unpaired) electrons. The van der Waals surface area contributed by atoms with Crippen molar-refractivity contribution in [2.45, 2.75) is 12.5 Å². The van der Waals surface area contributed by atoms with E-state index in [1.54, 1.807) is 24.5 Å². The third kappa shape index (κ3) is 4.07. The lowest BCUT2D eigenvalue weighted by Crippen LogP contribution is -2.35. The van der Waals surface area contributed by atoms with Crippen LogP contribution in [0, 0.1) is 0 Å². The number of sulfonamides is 2. The van der Waals surface area contributed by atoms with Crippen molar-refractivity contribution in [1.29, 1.82) is 0 Å². The van der Waals surface area contributed by atoms with Gasteiger partial charge in [-0.15, -0.1) is 0 Å². The number of aromatic nitrogens is 4. The summed E-state index contributed by atoms with van der Waals surface area (Å²) in [4.78, 5) is 9.09. The van der Waals surface area contributed by atoms with Crippen LogP contribution in [0.5, 0.6) is 0 Å². The summed E-state index contributed by atoms with van der Waals surface area (Å²) in [6.07, 6.45) is 5.95. The number of nitrogens with one attached hydrogen (secondary N) is 1. The Kier molecular flexibility index (Phi) is 5.21. The Morgan fingerprint density at radius 3 is 2.30 bits per heavy atom. The molecular formula is C25H22N6O4S2. The van der Waals surface area contributed by atoms with Gasteiger partial charge in [0.2, 0.25) is 26.0 Å². The van der Waals surface area contributed by atoms with Gasteiger partial charge in [0.1, 0.15) is 0 Å². The summed E-state index contributed by atoms with van der Waals surface area (Å²) in [5, 5.41) is 11.0. The van der Waals surface area contributed by atoms with E-state index >= 15 is 0 Å². The van der Waals surface area contributed by atoms with Crippen LogP contribution >= 0.6 is 0 Å². The van der Waals surface area contributed by atoms with Gasteiger partial charge in [-0.2, -0.15) is 13.8 Å². The quantitative estimate of drug-likeness (QED) is 0.350. The van der Waals surface area contributed by atoms with Crippen LogP contribution in [0.4, 0.5) is 17.3 Å². The van der Waals surface area contributed by atoms with Gasteiger partial charge in [0.05, 0.1) is 35.8 Å². The Hall–Kier alpha value is -4.03. The van der Waals surface area contributed by atoms with Gasteiger partial charge >= 0.3 is 0 Å². The van der Waals surface area contributed by atoms with Gasteiger partial charge in [-0.1, -0.05) is 36.4 Å². The molecule has 0 unspecified atom stereocenters. The van der Waals surface area contributed by atoms with Crippen LogP contribution in [0.3, 0.4) is 0 Å². The Labute approximate surface area is 213 Å². The molecule has 0 fully saturated rings. The van der Waals surface area contributed by atoms with E-state index in [2.05, 4.69) is 51.8 Å². The molecule has 1 N–H and O–H groups in total. The lowest BCUT2D eigenvalue weighted by atomic mass is 10.0. The first-order valence-electron chi connectivity index (χ1n) is 11.4. The minimum Gasteiger partial charge on any atom is -0.324 e. The number of hydrogen-bond acceptors (Lipinski definition) is 8. The lowest BCUT2D eigenvalue weighted by Gasteiger charge is -2.20. The largest absolute Gasteiger partial charge is 0.324 e. The molecule has 188 valence electrons. The molecular weight excluding hydrogens is 512 g/mol. The predicted molar refractivity (Wildman–Crippen MR) is 143 cm³/mol. The summed E-state index contributed by atoms with van der Waals surface area (Å²) >= 11 is 0. The van der Waals surface area contributed by atoms with Crippen molar-refractivity contribution in [1.82, 2.24) is 19.7 Å². The van der Waals surface area contributed by atoms with Crippen molar-refractivity contribution < 1.29 is 16.8 Å². The summed E-state index contributed by atoms with van der Waals surface area (Å²) in [5.74, 6) is 0.332. The fourth-order valence-electron chi connectivity index (χ4n) is 4.98. The number of nitrogens with zero attached hydrogens (tertiary/aromatic N) is 5. The molecule has 0 amide bonds. The molecule has 1 aliphatic carbocycles. The van der Waals surface area contributed by atoms with E-state index in [0.717, 1.165) is 24.3 Å². The van der Waals surface area contributed by atoms with Crippen LogP contribution < -0.4 is 9.03 Å². The maximum absolute atomic E-state index is 12.0. The smallest absolute Gasteiger partial charge is 0.245 e. The van der Waals surface area contributed by atoms with E-state index in [0.29, 0.717) is 21.0 Å². The minimum atomic E-state index is -4.02. The van der Waals surface area contributed by atoms with Crippen molar-refractivity contribution >= 4 is 59.2 Å². The average Bonchev–Trinajstić information content (AvgIpc) is 3.41. The Morgan fingerprint density at radius 2 is 1.59 bits per heavy atom. The number of fused-ring (bicyclic) bond motifs is 1. The highest BCUT2D eigenvalue weighted by Gasteiger charge is 2.28. The molecule has 12 heteroatoms. The van der Waals surface area contributed by atoms with Gasteiger partial charge < -0.3 is 5.32 Å². The Bertz CT molecular complexity index is 1860. The first kappa shape index (κ1) is 23.4. The monoisotopic (exact) mass is 534 g/mol. The average molecular weight is 535 g/mol. The zero-order valence-corrected chi connectivity index (χ0v) is 21.5. The van der Waals surface area contributed by atoms with Crippen LogP contribution in [0.1, 0.15) is 17.2 Å². The summed E-state index contributed by atoms with van der Waals surface area (Å²) in [6.45, 7) is 0. The molecule has 5 aromatic rings. The number of benzene rings is 3. The summed E-state index contributed by atoms with van der Waals surface area (Å²) in [6, 6.07) is 18.6. The fourth-order valence-corrected chi connectivity index (χ4v) is 7.96. The maximum atomic E-state index is 12.0. The van der Waals surface area contributed by atoms with E-state index in [1.165, 1.54) is 34.0 Å². The van der Waals surface area contributed by atoms with Gasteiger partial charge in [0, 0.05) is 11.9 Å². The van der Waals surface area contributed by atoms with Crippen molar-refractivity contribution in [3.63, 3.8) is 0 Å². The Balaban J connectivity index is 1.32. The van der Waals surface area contributed by atoms with Crippen LogP contribution in [-0.4, -0.2) is 49.1 Å². The van der Waals surface area contributed by atoms with E-state index in [1.807, 2.05) is 4.68 Å². The maximum Gasteiger partial charge on any atom is 0.245 e. The summed E-state index contributed by atoms with van der Waals surface area (Å²) in [5.41, 5.74) is 3.76. The molecule has 0 bridgehead atoms. The zero-order valence-electron chi connectivity index (χ0n) is 19.9. The highest BCUT2D eigenvalue weighted by molar-refractivity contribution is 8.09. The second-order valence-corrected chi connectivity index (χ2v) is 12.9. The van der Waals surface area contributed by atoms with Gasteiger partial charge in [0.15, 0.2) is 5.65 Å². The van der Waals surface area contributed by atoms with Crippen LogP contribution in [0.25, 0.3) is 21.8 Å². The van der Waals surface area contributed by atoms with Gasteiger partial charge in [0.25, 0.3) is 0 Å². The fraction of sp³-hybridized carbons (Fsp3) is 0.160. The molecule has 2 aromatic heterocycles. The Morgan fingerprint density at radius 1 is 0.892 bits per heavy atom. The molecule has 2 heterocycles.